The van der Waals surface area contributed by atoms with Crippen molar-refractivity contribution in [3.05, 3.63) is 23.5 Å². The molecule has 0 aliphatic carbocycles. The van der Waals surface area contributed by atoms with E-state index in [-0.39, 0.29) is 0 Å². The molecule has 0 aromatic carbocycles. The molecule has 0 aliphatic rings. The highest BCUT2D eigenvalue weighted by Gasteiger charge is 2.03. The summed E-state index contributed by atoms with van der Waals surface area (Å²) in [6, 6.07) is 4.05. The highest BCUT2D eigenvalue weighted by Crippen LogP contribution is 2.17. The lowest BCUT2D eigenvalue weighted by atomic mass is 10.2. The maximum Gasteiger partial charge on any atom is 0.140 e. The average Bonchev–Trinajstić information content (AvgIpc) is 2.35. The molecule has 96 valence electrons. The minimum Gasteiger partial charge on any atom is -0.492 e. The molecule has 3 heteroatoms. The zero-order valence-corrected chi connectivity index (χ0v) is 11.8. The van der Waals surface area contributed by atoms with Gasteiger partial charge < -0.3 is 4.74 Å². The Morgan fingerprint density at radius 1 is 1.18 bits per heavy atom. The molecule has 0 fully saturated rings. The number of hydrogen-bond donors (Lipinski definition) is 1. The third-order valence-corrected chi connectivity index (χ3v) is 3.03. The largest absolute Gasteiger partial charge is 0.492 e. The minimum atomic E-state index is 0.796. The first-order chi connectivity index (χ1) is 8.27. The summed E-state index contributed by atoms with van der Waals surface area (Å²) in [5.74, 6) is 1.94. The van der Waals surface area contributed by atoms with Crippen molar-refractivity contribution in [2.24, 2.45) is 0 Å². The lowest BCUT2D eigenvalue weighted by Crippen LogP contribution is -2.02. The molecule has 0 amide bonds. The van der Waals surface area contributed by atoms with Crippen molar-refractivity contribution in [1.82, 2.24) is 4.98 Å². The Labute approximate surface area is 110 Å². The summed E-state index contributed by atoms with van der Waals surface area (Å²) in [7, 11) is 0. The zero-order chi connectivity index (χ0) is 12.5. The molecule has 0 saturated carbocycles. The van der Waals surface area contributed by atoms with Crippen molar-refractivity contribution < 1.29 is 4.74 Å². The van der Waals surface area contributed by atoms with E-state index in [2.05, 4.69) is 24.5 Å². The Kier molecular flexibility index (Phi) is 7.10. The number of rotatable bonds is 8. The topological polar surface area (TPSA) is 22.1 Å². The van der Waals surface area contributed by atoms with Gasteiger partial charge in [0.1, 0.15) is 5.75 Å². The number of unbranched alkanes of at least 4 members (excludes halogenated alkanes) is 3. The second-order valence-electron chi connectivity index (χ2n) is 4.24. The molecule has 0 spiro atoms. The SMILES string of the molecule is CCc1nc(C)ccc1OCCCCCCS. The van der Waals surface area contributed by atoms with Gasteiger partial charge in [0.2, 0.25) is 0 Å². The second kappa shape index (κ2) is 8.40. The molecule has 0 bridgehead atoms. The lowest BCUT2D eigenvalue weighted by molar-refractivity contribution is 0.300. The minimum absolute atomic E-state index is 0.796. The summed E-state index contributed by atoms with van der Waals surface area (Å²) in [6.07, 6.45) is 5.72. The van der Waals surface area contributed by atoms with Crippen LogP contribution in [-0.4, -0.2) is 17.3 Å². The summed E-state index contributed by atoms with van der Waals surface area (Å²) in [5, 5.41) is 0. The van der Waals surface area contributed by atoms with Crippen molar-refractivity contribution in [3.63, 3.8) is 0 Å². The van der Waals surface area contributed by atoms with E-state index in [1.165, 1.54) is 19.3 Å². The van der Waals surface area contributed by atoms with Crippen molar-refractivity contribution in [3.8, 4) is 5.75 Å². The first-order valence-electron chi connectivity index (χ1n) is 6.48. The maximum atomic E-state index is 5.78. The highest BCUT2D eigenvalue weighted by atomic mass is 32.1. The van der Waals surface area contributed by atoms with E-state index in [0.717, 1.165) is 42.3 Å². The van der Waals surface area contributed by atoms with Crippen LogP contribution in [0.5, 0.6) is 5.75 Å². The van der Waals surface area contributed by atoms with Crippen LogP contribution in [0.2, 0.25) is 0 Å². The van der Waals surface area contributed by atoms with Crippen LogP contribution in [0.15, 0.2) is 12.1 Å². The van der Waals surface area contributed by atoms with Crippen molar-refractivity contribution >= 4 is 12.6 Å². The second-order valence-corrected chi connectivity index (χ2v) is 4.68. The van der Waals surface area contributed by atoms with Crippen LogP contribution < -0.4 is 4.74 Å². The Bertz CT molecular complexity index is 328. The van der Waals surface area contributed by atoms with Gasteiger partial charge in [-0.25, -0.2) is 0 Å². The predicted octanol–water partition coefficient (Wildman–Crippen LogP) is 3.82. The monoisotopic (exact) mass is 253 g/mol. The molecular formula is C14H23NOS. The molecule has 0 unspecified atom stereocenters. The van der Waals surface area contributed by atoms with Crippen molar-refractivity contribution in [2.75, 3.05) is 12.4 Å². The number of aryl methyl sites for hydroxylation is 2. The van der Waals surface area contributed by atoms with Gasteiger partial charge in [0.25, 0.3) is 0 Å². The first-order valence-corrected chi connectivity index (χ1v) is 7.11. The number of thiol groups is 1. The van der Waals surface area contributed by atoms with Gasteiger partial charge >= 0.3 is 0 Å². The Morgan fingerprint density at radius 3 is 2.65 bits per heavy atom. The van der Waals surface area contributed by atoms with Gasteiger partial charge in [-0.15, -0.1) is 0 Å². The molecule has 2 nitrogen and oxygen atoms in total. The molecular weight excluding hydrogens is 230 g/mol. The zero-order valence-electron chi connectivity index (χ0n) is 10.9. The maximum absolute atomic E-state index is 5.78. The number of aromatic nitrogens is 1. The molecule has 0 saturated heterocycles. The van der Waals surface area contributed by atoms with E-state index >= 15 is 0 Å². The number of pyridine rings is 1. The van der Waals surface area contributed by atoms with Crippen LogP contribution in [-0.2, 0) is 6.42 Å². The van der Waals surface area contributed by atoms with Crippen LogP contribution >= 0.6 is 12.6 Å². The van der Waals surface area contributed by atoms with Gasteiger partial charge in [-0.1, -0.05) is 19.8 Å². The van der Waals surface area contributed by atoms with Gasteiger partial charge in [0.15, 0.2) is 0 Å². The fourth-order valence-electron chi connectivity index (χ4n) is 1.73. The van der Waals surface area contributed by atoms with Gasteiger partial charge in [0.05, 0.1) is 12.3 Å². The smallest absolute Gasteiger partial charge is 0.140 e. The van der Waals surface area contributed by atoms with Crippen LogP contribution in [0.3, 0.4) is 0 Å². The standard InChI is InChI=1S/C14H23NOS/c1-3-13-14(9-8-12(2)15-13)16-10-6-4-5-7-11-17/h8-9,17H,3-7,10-11H2,1-2H3. The summed E-state index contributed by atoms with van der Waals surface area (Å²) in [5.41, 5.74) is 2.13. The third kappa shape index (κ3) is 5.44. The Hall–Kier alpha value is -0.700. The highest BCUT2D eigenvalue weighted by molar-refractivity contribution is 7.80. The van der Waals surface area contributed by atoms with Crippen LogP contribution in [0.25, 0.3) is 0 Å². The van der Waals surface area contributed by atoms with E-state index < -0.39 is 0 Å². The molecule has 17 heavy (non-hydrogen) atoms. The van der Waals surface area contributed by atoms with Crippen LogP contribution in [0, 0.1) is 6.92 Å². The predicted molar refractivity (Wildman–Crippen MR) is 76.2 cm³/mol. The first kappa shape index (κ1) is 14.4. The van der Waals surface area contributed by atoms with Gasteiger partial charge in [-0.05, 0) is 44.1 Å². The summed E-state index contributed by atoms with van der Waals surface area (Å²) < 4.78 is 5.78. The molecule has 0 atom stereocenters. The Balaban J connectivity index is 2.31. The quantitative estimate of drug-likeness (QED) is 0.562. The summed E-state index contributed by atoms with van der Waals surface area (Å²) in [6.45, 7) is 4.92. The van der Waals surface area contributed by atoms with E-state index in [9.17, 15) is 0 Å². The molecule has 1 aromatic rings. The fourth-order valence-corrected chi connectivity index (χ4v) is 1.96. The van der Waals surface area contributed by atoms with Crippen LogP contribution in [0.1, 0.15) is 44.0 Å². The average molecular weight is 253 g/mol. The van der Waals surface area contributed by atoms with E-state index in [1.54, 1.807) is 0 Å². The third-order valence-electron chi connectivity index (χ3n) is 2.72. The molecule has 1 rings (SSSR count). The van der Waals surface area contributed by atoms with Gasteiger partial charge in [-0.2, -0.15) is 12.6 Å². The van der Waals surface area contributed by atoms with Crippen LogP contribution in [0.4, 0.5) is 0 Å². The van der Waals surface area contributed by atoms with Crippen molar-refractivity contribution in [1.29, 1.82) is 0 Å². The van der Waals surface area contributed by atoms with Gasteiger partial charge in [0, 0.05) is 5.69 Å². The molecule has 0 N–H and O–H groups in total. The Morgan fingerprint density at radius 2 is 1.94 bits per heavy atom. The summed E-state index contributed by atoms with van der Waals surface area (Å²) in [4.78, 5) is 4.48. The molecule has 0 aliphatic heterocycles. The molecule has 1 aromatic heterocycles. The molecule has 1 heterocycles. The fraction of sp³-hybridized carbons (Fsp3) is 0.643. The number of ether oxygens (including phenoxy) is 1. The van der Waals surface area contributed by atoms with Gasteiger partial charge in [-0.3, -0.25) is 4.98 Å². The molecule has 0 radical (unpaired) electrons. The van der Waals surface area contributed by atoms with E-state index in [1.807, 2.05) is 19.1 Å². The van der Waals surface area contributed by atoms with E-state index in [0.29, 0.717) is 0 Å². The number of nitrogens with zero attached hydrogens (tertiary/aromatic N) is 1. The van der Waals surface area contributed by atoms with Crippen molar-refractivity contribution in [2.45, 2.75) is 46.0 Å². The van der Waals surface area contributed by atoms with E-state index in [4.69, 9.17) is 4.74 Å². The lowest BCUT2D eigenvalue weighted by Gasteiger charge is -2.10. The normalized spacial score (nSPS) is 10.5. The number of hydrogen-bond acceptors (Lipinski definition) is 3. The summed E-state index contributed by atoms with van der Waals surface area (Å²) >= 11 is 4.20.